The van der Waals surface area contributed by atoms with Crippen molar-refractivity contribution in [3.63, 3.8) is 0 Å². The van der Waals surface area contributed by atoms with Gasteiger partial charge in [-0.25, -0.2) is 0 Å². The van der Waals surface area contributed by atoms with Crippen LogP contribution in [0.2, 0.25) is 0 Å². The van der Waals surface area contributed by atoms with Crippen LogP contribution in [0.15, 0.2) is 0 Å². The summed E-state index contributed by atoms with van der Waals surface area (Å²) < 4.78 is 0. The number of Topliss-reactive ketones (excluding diaryl/α,β-unsaturated/α-hetero) is 1. The number of ketones is 1. The fourth-order valence-corrected chi connectivity index (χ4v) is 4.03. The summed E-state index contributed by atoms with van der Waals surface area (Å²) in [6, 6.07) is 0. The fourth-order valence-electron chi connectivity index (χ4n) is 4.03. The molecular formula is C17H31NO. The highest BCUT2D eigenvalue weighted by molar-refractivity contribution is 5.87. The van der Waals surface area contributed by atoms with Crippen molar-refractivity contribution in [3.05, 3.63) is 0 Å². The van der Waals surface area contributed by atoms with E-state index in [4.69, 9.17) is 0 Å². The molecule has 0 spiro atoms. The topological polar surface area (TPSA) is 20.3 Å². The standard InChI is InChI=1S/C17H31NO/c1-17(2)11-7-10-15(16(17)19)13-18(3)12-14-8-5-4-6-9-14/h14-15H,4-13H2,1-3H3. The van der Waals surface area contributed by atoms with Crippen molar-refractivity contribution in [2.24, 2.45) is 17.3 Å². The van der Waals surface area contributed by atoms with Gasteiger partial charge in [-0.3, -0.25) is 4.79 Å². The quantitative estimate of drug-likeness (QED) is 0.768. The third kappa shape index (κ3) is 4.05. The van der Waals surface area contributed by atoms with Crippen molar-refractivity contribution in [2.75, 3.05) is 20.1 Å². The molecule has 0 radical (unpaired) electrons. The second-order valence-corrected chi connectivity index (χ2v) is 7.56. The van der Waals surface area contributed by atoms with Crippen LogP contribution in [0.4, 0.5) is 0 Å². The summed E-state index contributed by atoms with van der Waals surface area (Å²) >= 11 is 0. The Morgan fingerprint density at radius 2 is 1.74 bits per heavy atom. The first-order valence-electron chi connectivity index (χ1n) is 8.22. The Morgan fingerprint density at radius 1 is 1.05 bits per heavy atom. The zero-order chi connectivity index (χ0) is 13.9. The Bertz CT molecular complexity index is 304. The van der Waals surface area contributed by atoms with E-state index in [-0.39, 0.29) is 11.3 Å². The minimum absolute atomic E-state index is 0.0748. The summed E-state index contributed by atoms with van der Waals surface area (Å²) in [6.07, 6.45) is 10.5. The maximum Gasteiger partial charge on any atom is 0.142 e. The van der Waals surface area contributed by atoms with Crippen molar-refractivity contribution in [1.29, 1.82) is 0 Å². The normalized spacial score (nSPS) is 28.8. The summed E-state index contributed by atoms with van der Waals surface area (Å²) in [5, 5.41) is 0. The van der Waals surface area contributed by atoms with Gasteiger partial charge in [0, 0.05) is 24.4 Å². The predicted molar refractivity (Wildman–Crippen MR) is 80.2 cm³/mol. The van der Waals surface area contributed by atoms with E-state index < -0.39 is 0 Å². The Labute approximate surface area is 118 Å². The van der Waals surface area contributed by atoms with Crippen LogP contribution >= 0.6 is 0 Å². The highest BCUT2D eigenvalue weighted by Gasteiger charge is 2.37. The lowest BCUT2D eigenvalue weighted by atomic mass is 9.71. The SMILES string of the molecule is CN(CC1CCCCC1)CC1CCCC(C)(C)C1=O. The molecule has 0 aliphatic heterocycles. The van der Waals surface area contributed by atoms with E-state index in [9.17, 15) is 4.79 Å². The maximum absolute atomic E-state index is 12.4. The molecule has 0 amide bonds. The predicted octanol–water partition coefficient (Wildman–Crippen LogP) is 3.89. The monoisotopic (exact) mass is 265 g/mol. The van der Waals surface area contributed by atoms with Crippen molar-refractivity contribution < 1.29 is 4.79 Å². The van der Waals surface area contributed by atoms with Gasteiger partial charge in [-0.05, 0) is 38.6 Å². The van der Waals surface area contributed by atoms with Gasteiger partial charge >= 0.3 is 0 Å². The lowest BCUT2D eigenvalue weighted by molar-refractivity contribution is -0.134. The van der Waals surface area contributed by atoms with E-state index in [0.29, 0.717) is 5.78 Å². The second-order valence-electron chi connectivity index (χ2n) is 7.56. The average molecular weight is 265 g/mol. The first-order chi connectivity index (χ1) is 8.99. The summed E-state index contributed by atoms with van der Waals surface area (Å²) in [6.45, 7) is 6.44. The number of nitrogens with zero attached hydrogens (tertiary/aromatic N) is 1. The average Bonchev–Trinajstić information content (AvgIpc) is 2.36. The van der Waals surface area contributed by atoms with Gasteiger partial charge in [-0.2, -0.15) is 0 Å². The third-order valence-electron chi connectivity index (χ3n) is 5.22. The van der Waals surface area contributed by atoms with Gasteiger partial charge in [0.1, 0.15) is 5.78 Å². The molecular weight excluding hydrogens is 234 g/mol. The molecule has 2 heteroatoms. The fraction of sp³-hybridized carbons (Fsp3) is 0.941. The van der Waals surface area contributed by atoms with E-state index >= 15 is 0 Å². The van der Waals surface area contributed by atoms with Gasteiger partial charge in [0.15, 0.2) is 0 Å². The number of carbonyl (C=O) groups excluding carboxylic acids is 1. The Kier molecular flexibility index (Phi) is 5.05. The summed E-state index contributed by atoms with van der Waals surface area (Å²) in [5.74, 6) is 1.68. The molecule has 0 aromatic carbocycles. The molecule has 0 bridgehead atoms. The number of hydrogen-bond donors (Lipinski definition) is 0. The van der Waals surface area contributed by atoms with Crippen molar-refractivity contribution in [3.8, 4) is 0 Å². The lowest BCUT2D eigenvalue weighted by Gasteiger charge is -2.36. The summed E-state index contributed by atoms with van der Waals surface area (Å²) in [7, 11) is 2.21. The Morgan fingerprint density at radius 3 is 2.42 bits per heavy atom. The Hall–Kier alpha value is -0.370. The van der Waals surface area contributed by atoms with Gasteiger partial charge in [0.05, 0.1) is 0 Å². The van der Waals surface area contributed by atoms with E-state index in [0.717, 1.165) is 25.3 Å². The van der Waals surface area contributed by atoms with Crippen LogP contribution in [-0.2, 0) is 4.79 Å². The van der Waals surface area contributed by atoms with Crippen LogP contribution in [0.1, 0.15) is 65.2 Å². The van der Waals surface area contributed by atoms with Crippen molar-refractivity contribution in [2.45, 2.75) is 65.2 Å². The van der Waals surface area contributed by atoms with Crippen LogP contribution in [-0.4, -0.2) is 30.8 Å². The van der Waals surface area contributed by atoms with Gasteiger partial charge in [0.2, 0.25) is 0 Å². The van der Waals surface area contributed by atoms with Crippen LogP contribution in [0.5, 0.6) is 0 Å². The Balaban J connectivity index is 1.80. The number of rotatable bonds is 4. The molecule has 0 aromatic heterocycles. The maximum atomic E-state index is 12.4. The third-order valence-corrected chi connectivity index (χ3v) is 5.22. The molecule has 2 aliphatic carbocycles. The molecule has 2 aliphatic rings. The van der Waals surface area contributed by atoms with E-state index in [2.05, 4.69) is 25.8 Å². The molecule has 19 heavy (non-hydrogen) atoms. The molecule has 2 rings (SSSR count). The molecule has 2 fully saturated rings. The van der Waals surface area contributed by atoms with Crippen molar-refractivity contribution in [1.82, 2.24) is 4.90 Å². The first kappa shape index (κ1) is 15.0. The van der Waals surface area contributed by atoms with Gasteiger partial charge in [0.25, 0.3) is 0 Å². The molecule has 1 atom stereocenters. The molecule has 0 saturated heterocycles. The summed E-state index contributed by atoms with van der Waals surface area (Å²) in [4.78, 5) is 14.9. The number of hydrogen-bond acceptors (Lipinski definition) is 2. The highest BCUT2D eigenvalue weighted by Crippen LogP contribution is 2.35. The minimum Gasteiger partial charge on any atom is -0.305 e. The zero-order valence-electron chi connectivity index (χ0n) is 13.1. The number of carbonyl (C=O) groups is 1. The smallest absolute Gasteiger partial charge is 0.142 e. The van der Waals surface area contributed by atoms with Crippen LogP contribution in [0.3, 0.4) is 0 Å². The van der Waals surface area contributed by atoms with Crippen molar-refractivity contribution >= 4 is 5.78 Å². The lowest BCUT2D eigenvalue weighted by Crippen LogP contribution is -2.41. The molecule has 0 aromatic rings. The largest absolute Gasteiger partial charge is 0.305 e. The van der Waals surface area contributed by atoms with E-state index in [1.54, 1.807) is 0 Å². The van der Waals surface area contributed by atoms with E-state index in [1.165, 1.54) is 45.1 Å². The van der Waals surface area contributed by atoms with Gasteiger partial charge in [-0.1, -0.05) is 39.5 Å². The van der Waals surface area contributed by atoms with Gasteiger partial charge < -0.3 is 4.90 Å². The first-order valence-corrected chi connectivity index (χ1v) is 8.22. The molecule has 2 nitrogen and oxygen atoms in total. The molecule has 2 saturated carbocycles. The van der Waals surface area contributed by atoms with Gasteiger partial charge in [-0.15, -0.1) is 0 Å². The summed E-state index contributed by atoms with van der Waals surface area (Å²) in [5.41, 5.74) is -0.0748. The van der Waals surface area contributed by atoms with Crippen LogP contribution < -0.4 is 0 Å². The highest BCUT2D eigenvalue weighted by atomic mass is 16.1. The molecule has 0 N–H and O–H groups in total. The molecule has 0 heterocycles. The van der Waals surface area contributed by atoms with Crippen LogP contribution in [0, 0.1) is 17.3 Å². The second kappa shape index (κ2) is 6.39. The zero-order valence-corrected chi connectivity index (χ0v) is 13.1. The van der Waals surface area contributed by atoms with Crippen LogP contribution in [0.25, 0.3) is 0 Å². The minimum atomic E-state index is -0.0748. The van der Waals surface area contributed by atoms with E-state index in [1.807, 2.05) is 0 Å². The molecule has 110 valence electrons. The molecule has 1 unspecified atom stereocenters.